The number of anilines is 1. The first-order valence-electron chi connectivity index (χ1n) is 6.72. The predicted octanol–water partition coefficient (Wildman–Crippen LogP) is 2.85. The molecule has 2 rings (SSSR count). The quantitative estimate of drug-likeness (QED) is 0.739. The van der Waals surface area contributed by atoms with Crippen molar-refractivity contribution < 1.29 is 14.7 Å². The SMILES string of the molecule is O=C(O)/C=C/c1cccc(NC(=O)NC2CCCC2)c1. The molecular formula is C15H18N2O3. The molecule has 0 spiro atoms. The molecule has 1 aromatic rings. The lowest BCUT2D eigenvalue weighted by Gasteiger charge is -2.13. The molecule has 3 N–H and O–H groups in total. The molecule has 0 unspecified atom stereocenters. The van der Waals surface area contributed by atoms with Gasteiger partial charge in [0.15, 0.2) is 0 Å². The van der Waals surface area contributed by atoms with Crippen LogP contribution in [-0.4, -0.2) is 23.1 Å². The summed E-state index contributed by atoms with van der Waals surface area (Å²) in [6.45, 7) is 0. The molecule has 106 valence electrons. The van der Waals surface area contributed by atoms with Gasteiger partial charge in [0.1, 0.15) is 0 Å². The van der Waals surface area contributed by atoms with Crippen molar-refractivity contribution in [2.24, 2.45) is 0 Å². The summed E-state index contributed by atoms with van der Waals surface area (Å²) in [5.41, 5.74) is 1.37. The van der Waals surface area contributed by atoms with E-state index in [4.69, 9.17) is 5.11 Å². The highest BCUT2D eigenvalue weighted by molar-refractivity contribution is 5.90. The normalized spacial score (nSPS) is 15.4. The van der Waals surface area contributed by atoms with Crippen LogP contribution in [0.4, 0.5) is 10.5 Å². The molecule has 5 heteroatoms. The van der Waals surface area contributed by atoms with E-state index in [1.165, 1.54) is 18.9 Å². The summed E-state index contributed by atoms with van der Waals surface area (Å²) in [7, 11) is 0. The molecule has 1 aliphatic carbocycles. The lowest BCUT2D eigenvalue weighted by atomic mass is 10.2. The number of aliphatic carboxylic acids is 1. The van der Waals surface area contributed by atoms with Crippen molar-refractivity contribution in [1.29, 1.82) is 0 Å². The number of urea groups is 1. The van der Waals surface area contributed by atoms with Gasteiger partial charge in [-0.25, -0.2) is 9.59 Å². The van der Waals surface area contributed by atoms with E-state index in [1.54, 1.807) is 24.3 Å². The minimum Gasteiger partial charge on any atom is -0.478 e. The highest BCUT2D eigenvalue weighted by Gasteiger charge is 2.16. The van der Waals surface area contributed by atoms with E-state index >= 15 is 0 Å². The highest BCUT2D eigenvalue weighted by atomic mass is 16.4. The Bertz CT molecular complexity index is 520. The maximum atomic E-state index is 11.8. The van der Waals surface area contributed by atoms with Gasteiger partial charge in [0.25, 0.3) is 0 Å². The summed E-state index contributed by atoms with van der Waals surface area (Å²) < 4.78 is 0. The second-order valence-electron chi connectivity index (χ2n) is 4.88. The van der Waals surface area contributed by atoms with Crippen LogP contribution < -0.4 is 10.6 Å². The Morgan fingerprint density at radius 2 is 2.00 bits per heavy atom. The summed E-state index contributed by atoms with van der Waals surface area (Å²) in [6, 6.07) is 7.10. The third-order valence-corrected chi connectivity index (χ3v) is 3.25. The zero-order valence-electron chi connectivity index (χ0n) is 11.1. The second kappa shape index (κ2) is 6.75. The highest BCUT2D eigenvalue weighted by Crippen LogP contribution is 2.18. The van der Waals surface area contributed by atoms with Crippen LogP contribution in [0.3, 0.4) is 0 Å². The van der Waals surface area contributed by atoms with Gasteiger partial charge in [0.2, 0.25) is 0 Å². The summed E-state index contributed by atoms with van der Waals surface area (Å²) in [5, 5.41) is 14.3. The third kappa shape index (κ3) is 4.42. The summed E-state index contributed by atoms with van der Waals surface area (Å²) in [6.07, 6.45) is 6.96. The molecule has 1 fully saturated rings. The number of hydrogen-bond acceptors (Lipinski definition) is 2. The molecule has 0 aromatic heterocycles. The average Bonchev–Trinajstić information content (AvgIpc) is 2.89. The van der Waals surface area contributed by atoms with E-state index in [9.17, 15) is 9.59 Å². The number of hydrogen-bond donors (Lipinski definition) is 3. The number of benzene rings is 1. The number of amides is 2. The largest absolute Gasteiger partial charge is 0.478 e. The van der Waals surface area contributed by atoms with Gasteiger partial charge in [0, 0.05) is 17.8 Å². The number of carbonyl (C=O) groups excluding carboxylic acids is 1. The minimum absolute atomic E-state index is 0.212. The molecular weight excluding hydrogens is 256 g/mol. The van der Waals surface area contributed by atoms with Gasteiger partial charge < -0.3 is 15.7 Å². The van der Waals surface area contributed by atoms with Crippen molar-refractivity contribution in [2.75, 3.05) is 5.32 Å². The molecule has 1 aliphatic rings. The van der Waals surface area contributed by atoms with Crippen LogP contribution in [0.25, 0.3) is 6.08 Å². The van der Waals surface area contributed by atoms with E-state index in [2.05, 4.69) is 10.6 Å². The lowest BCUT2D eigenvalue weighted by molar-refractivity contribution is -0.131. The Labute approximate surface area is 117 Å². The number of carboxylic acid groups (broad SMARTS) is 1. The Kier molecular flexibility index (Phi) is 4.76. The Morgan fingerprint density at radius 1 is 1.25 bits per heavy atom. The van der Waals surface area contributed by atoms with E-state index < -0.39 is 5.97 Å². The zero-order chi connectivity index (χ0) is 14.4. The molecule has 0 saturated heterocycles. The van der Waals surface area contributed by atoms with Crippen LogP contribution >= 0.6 is 0 Å². The van der Waals surface area contributed by atoms with Crippen LogP contribution in [0.1, 0.15) is 31.2 Å². The number of carbonyl (C=O) groups is 2. The van der Waals surface area contributed by atoms with E-state index in [0.717, 1.165) is 24.5 Å². The molecule has 0 bridgehead atoms. The Balaban J connectivity index is 1.93. The Hall–Kier alpha value is -2.30. The van der Waals surface area contributed by atoms with Crippen LogP contribution in [0, 0.1) is 0 Å². The summed E-state index contributed by atoms with van der Waals surface area (Å²) >= 11 is 0. The molecule has 0 atom stereocenters. The van der Waals surface area contributed by atoms with Gasteiger partial charge in [-0.05, 0) is 36.6 Å². The first-order chi connectivity index (χ1) is 9.63. The van der Waals surface area contributed by atoms with Gasteiger partial charge in [-0.3, -0.25) is 0 Å². The summed E-state index contributed by atoms with van der Waals surface area (Å²) in [5.74, 6) is -0.998. The number of carboxylic acids is 1. The average molecular weight is 274 g/mol. The molecule has 1 saturated carbocycles. The molecule has 5 nitrogen and oxygen atoms in total. The van der Waals surface area contributed by atoms with Gasteiger partial charge in [-0.15, -0.1) is 0 Å². The number of rotatable bonds is 4. The summed E-state index contributed by atoms with van der Waals surface area (Å²) in [4.78, 5) is 22.3. The first-order valence-corrected chi connectivity index (χ1v) is 6.72. The molecule has 20 heavy (non-hydrogen) atoms. The van der Waals surface area contributed by atoms with Crippen LogP contribution in [-0.2, 0) is 4.79 Å². The minimum atomic E-state index is -0.998. The first kappa shape index (κ1) is 14.1. The third-order valence-electron chi connectivity index (χ3n) is 3.25. The Morgan fingerprint density at radius 3 is 2.70 bits per heavy atom. The van der Waals surface area contributed by atoms with Crippen LogP contribution in [0.15, 0.2) is 30.3 Å². The van der Waals surface area contributed by atoms with Gasteiger partial charge in [-0.2, -0.15) is 0 Å². The van der Waals surface area contributed by atoms with Gasteiger partial charge >= 0.3 is 12.0 Å². The van der Waals surface area contributed by atoms with Crippen molar-refractivity contribution in [3.8, 4) is 0 Å². The molecule has 0 heterocycles. The van der Waals surface area contributed by atoms with Gasteiger partial charge in [-0.1, -0.05) is 25.0 Å². The second-order valence-corrected chi connectivity index (χ2v) is 4.88. The smallest absolute Gasteiger partial charge is 0.328 e. The fourth-order valence-corrected chi connectivity index (χ4v) is 2.31. The van der Waals surface area contributed by atoms with Gasteiger partial charge in [0.05, 0.1) is 0 Å². The molecule has 2 amide bonds. The fourth-order valence-electron chi connectivity index (χ4n) is 2.31. The van der Waals surface area contributed by atoms with E-state index in [-0.39, 0.29) is 12.1 Å². The van der Waals surface area contributed by atoms with Crippen molar-refractivity contribution in [3.63, 3.8) is 0 Å². The number of nitrogens with one attached hydrogen (secondary N) is 2. The molecule has 0 radical (unpaired) electrons. The molecule has 0 aliphatic heterocycles. The predicted molar refractivity (Wildman–Crippen MR) is 77.5 cm³/mol. The van der Waals surface area contributed by atoms with Crippen molar-refractivity contribution in [3.05, 3.63) is 35.9 Å². The fraction of sp³-hybridized carbons (Fsp3) is 0.333. The van der Waals surface area contributed by atoms with Crippen molar-refractivity contribution in [2.45, 2.75) is 31.7 Å². The molecule has 1 aromatic carbocycles. The maximum absolute atomic E-state index is 11.8. The van der Waals surface area contributed by atoms with Crippen molar-refractivity contribution in [1.82, 2.24) is 5.32 Å². The van der Waals surface area contributed by atoms with E-state index in [0.29, 0.717) is 5.69 Å². The monoisotopic (exact) mass is 274 g/mol. The lowest BCUT2D eigenvalue weighted by Crippen LogP contribution is -2.36. The maximum Gasteiger partial charge on any atom is 0.328 e. The topological polar surface area (TPSA) is 78.4 Å². The standard InChI is InChI=1S/C15H18N2O3/c18-14(19)9-8-11-4-3-7-13(10-11)17-15(20)16-12-5-1-2-6-12/h3-4,7-10,12H,1-2,5-6H2,(H,18,19)(H2,16,17,20)/b9-8+. The van der Waals surface area contributed by atoms with Crippen molar-refractivity contribution >= 4 is 23.8 Å². The zero-order valence-corrected chi connectivity index (χ0v) is 11.1. The van der Waals surface area contributed by atoms with Crippen LogP contribution in [0.2, 0.25) is 0 Å². The van der Waals surface area contributed by atoms with Crippen LogP contribution in [0.5, 0.6) is 0 Å². The van der Waals surface area contributed by atoms with E-state index in [1.807, 2.05) is 0 Å².